The summed E-state index contributed by atoms with van der Waals surface area (Å²) in [7, 11) is 0. The Hall–Kier alpha value is -0.120. The van der Waals surface area contributed by atoms with Crippen molar-refractivity contribution in [3.05, 3.63) is 0 Å². The molecule has 0 aliphatic carbocycles. The zero-order valence-electron chi connectivity index (χ0n) is 13.2. The van der Waals surface area contributed by atoms with Crippen LogP contribution in [0, 0.1) is 0 Å². The van der Waals surface area contributed by atoms with Crippen LogP contribution < -0.4 is 5.32 Å². The summed E-state index contributed by atoms with van der Waals surface area (Å²) in [5.41, 5.74) is 0. The third kappa shape index (κ3) is 3.93. The Morgan fingerprint density at radius 2 is 2.00 bits per heavy atom. The Morgan fingerprint density at radius 3 is 2.74 bits per heavy atom. The first-order valence-corrected chi connectivity index (χ1v) is 8.47. The van der Waals surface area contributed by atoms with Gasteiger partial charge in [-0.05, 0) is 45.7 Å². The van der Waals surface area contributed by atoms with Crippen LogP contribution in [0.3, 0.4) is 0 Å². The number of nitrogens with one attached hydrogen (secondary N) is 1. The fourth-order valence-corrected chi connectivity index (χ4v) is 3.79. The van der Waals surface area contributed by atoms with Crippen molar-refractivity contribution in [2.24, 2.45) is 0 Å². The molecule has 112 valence electrons. The van der Waals surface area contributed by atoms with Gasteiger partial charge in [0, 0.05) is 37.8 Å². The number of hydrogen-bond donors (Lipinski definition) is 1. The molecule has 2 aliphatic heterocycles. The second-order valence-electron chi connectivity index (χ2n) is 6.39. The molecule has 19 heavy (non-hydrogen) atoms. The second kappa shape index (κ2) is 7.61. The smallest absolute Gasteiger partial charge is 0.0223 e. The quantitative estimate of drug-likeness (QED) is 0.797. The molecule has 3 unspecified atom stereocenters. The average Bonchev–Trinajstić information content (AvgIpc) is 2.47. The van der Waals surface area contributed by atoms with Crippen molar-refractivity contribution in [3.8, 4) is 0 Å². The summed E-state index contributed by atoms with van der Waals surface area (Å²) < 4.78 is 0. The van der Waals surface area contributed by atoms with Gasteiger partial charge in [0.25, 0.3) is 0 Å². The van der Waals surface area contributed by atoms with Gasteiger partial charge in [-0.2, -0.15) is 0 Å². The molecular weight excluding hydrogens is 234 g/mol. The highest BCUT2D eigenvalue weighted by Gasteiger charge is 2.32. The molecule has 3 nitrogen and oxygen atoms in total. The number of hydrogen-bond acceptors (Lipinski definition) is 3. The van der Waals surface area contributed by atoms with Crippen LogP contribution in [0.5, 0.6) is 0 Å². The molecule has 0 spiro atoms. The number of rotatable bonds is 6. The minimum atomic E-state index is 0.662. The lowest BCUT2D eigenvalue weighted by molar-refractivity contribution is 0.0221. The Morgan fingerprint density at radius 1 is 1.16 bits per heavy atom. The molecule has 2 aliphatic rings. The first-order valence-electron chi connectivity index (χ1n) is 8.47. The maximum atomic E-state index is 3.73. The van der Waals surface area contributed by atoms with E-state index in [-0.39, 0.29) is 0 Å². The molecule has 0 aromatic carbocycles. The monoisotopic (exact) mass is 267 g/mol. The molecule has 2 heterocycles. The molecule has 2 fully saturated rings. The van der Waals surface area contributed by atoms with Gasteiger partial charge in [-0.15, -0.1) is 0 Å². The van der Waals surface area contributed by atoms with Crippen molar-refractivity contribution < 1.29 is 0 Å². The number of fused-ring (bicyclic) bond motifs is 1. The van der Waals surface area contributed by atoms with Crippen LogP contribution in [0.25, 0.3) is 0 Å². The lowest BCUT2D eigenvalue weighted by Gasteiger charge is -2.47. The van der Waals surface area contributed by atoms with Gasteiger partial charge in [0.05, 0.1) is 0 Å². The summed E-state index contributed by atoms with van der Waals surface area (Å²) >= 11 is 0. The molecule has 2 saturated heterocycles. The summed E-state index contributed by atoms with van der Waals surface area (Å²) in [6.07, 6.45) is 6.75. The van der Waals surface area contributed by atoms with E-state index in [0.29, 0.717) is 12.1 Å². The largest absolute Gasteiger partial charge is 0.312 e. The fourth-order valence-electron chi connectivity index (χ4n) is 3.79. The van der Waals surface area contributed by atoms with Crippen molar-refractivity contribution in [2.45, 2.75) is 71.0 Å². The van der Waals surface area contributed by atoms with E-state index in [9.17, 15) is 0 Å². The molecule has 0 radical (unpaired) electrons. The van der Waals surface area contributed by atoms with Crippen molar-refractivity contribution in [1.29, 1.82) is 0 Å². The second-order valence-corrected chi connectivity index (χ2v) is 6.39. The molecule has 0 aromatic rings. The average molecular weight is 267 g/mol. The first-order chi connectivity index (χ1) is 9.26. The number of piperidine rings is 1. The Balaban J connectivity index is 1.86. The van der Waals surface area contributed by atoms with Crippen LogP contribution in [0.1, 0.15) is 52.9 Å². The van der Waals surface area contributed by atoms with Gasteiger partial charge in [0.15, 0.2) is 0 Å². The van der Waals surface area contributed by atoms with Crippen LogP contribution in [0.2, 0.25) is 0 Å². The summed E-state index contributed by atoms with van der Waals surface area (Å²) in [6.45, 7) is 13.4. The normalized spacial score (nSPS) is 28.9. The standard InChI is InChI=1S/C16H33N3/c1-4-9-17-16(5-2)14(3)19-12-11-18-10-7-6-8-15(18)13-19/h14-17H,4-13H2,1-3H3. The Kier molecular flexibility index (Phi) is 6.11. The van der Waals surface area contributed by atoms with Gasteiger partial charge >= 0.3 is 0 Å². The summed E-state index contributed by atoms with van der Waals surface area (Å²) in [5.74, 6) is 0. The third-order valence-electron chi connectivity index (χ3n) is 5.12. The van der Waals surface area contributed by atoms with Gasteiger partial charge in [0.1, 0.15) is 0 Å². The highest BCUT2D eigenvalue weighted by molar-refractivity contribution is 4.90. The van der Waals surface area contributed by atoms with E-state index in [4.69, 9.17) is 0 Å². The summed E-state index contributed by atoms with van der Waals surface area (Å²) in [5, 5.41) is 3.73. The lowest BCUT2D eigenvalue weighted by Crippen LogP contribution is -2.60. The van der Waals surface area contributed by atoms with Crippen LogP contribution in [0.15, 0.2) is 0 Å². The molecule has 2 rings (SSSR count). The van der Waals surface area contributed by atoms with Gasteiger partial charge in [0.2, 0.25) is 0 Å². The minimum Gasteiger partial charge on any atom is -0.312 e. The molecule has 0 amide bonds. The van der Waals surface area contributed by atoms with Crippen LogP contribution in [-0.2, 0) is 0 Å². The van der Waals surface area contributed by atoms with E-state index < -0.39 is 0 Å². The highest BCUT2D eigenvalue weighted by atomic mass is 15.3. The highest BCUT2D eigenvalue weighted by Crippen LogP contribution is 2.23. The predicted molar refractivity (Wildman–Crippen MR) is 82.6 cm³/mol. The van der Waals surface area contributed by atoms with E-state index in [1.807, 2.05) is 0 Å². The van der Waals surface area contributed by atoms with Crippen molar-refractivity contribution in [1.82, 2.24) is 15.1 Å². The molecule has 0 bridgehead atoms. The van der Waals surface area contributed by atoms with Gasteiger partial charge in [-0.3, -0.25) is 9.80 Å². The van der Waals surface area contributed by atoms with Crippen LogP contribution in [-0.4, -0.2) is 60.6 Å². The number of piperazine rings is 1. The van der Waals surface area contributed by atoms with E-state index in [0.717, 1.165) is 12.6 Å². The molecule has 0 aromatic heterocycles. The molecule has 0 saturated carbocycles. The summed E-state index contributed by atoms with van der Waals surface area (Å²) in [4.78, 5) is 5.47. The molecule has 3 atom stereocenters. The SMILES string of the molecule is CCCNC(CC)C(C)N1CCN2CCCCC2C1. The van der Waals surface area contributed by atoms with E-state index in [1.54, 1.807) is 0 Å². The van der Waals surface area contributed by atoms with Gasteiger partial charge < -0.3 is 5.32 Å². The zero-order chi connectivity index (χ0) is 13.7. The number of nitrogens with zero attached hydrogens (tertiary/aromatic N) is 2. The Bertz CT molecular complexity index is 256. The maximum absolute atomic E-state index is 3.73. The third-order valence-corrected chi connectivity index (χ3v) is 5.12. The van der Waals surface area contributed by atoms with E-state index >= 15 is 0 Å². The summed E-state index contributed by atoms with van der Waals surface area (Å²) in [6, 6.07) is 2.18. The fraction of sp³-hybridized carbons (Fsp3) is 1.00. The predicted octanol–water partition coefficient (Wildman–Crippen LogP) is 2.32. The Labute approximate surface area is 119 Å². The van der Waals surface area contributed by atoms with Crippen molar-refractivity contribution in [2.75, 3.05) is 32.7 Å². The van der Waals surface area contributed by atoms with Gasteiger partial charge in [-0.25, -0.2) is 0 Å². The van der Waals surface area contributed by atoms with Gasteiger partial charge in [-0.1, -0.05) is 20.3 Å². The zero-order valence-corrected chi connectivity index (χ0v) is 13.2. The van der Waals surface area contributed by atoms with Crippen molar-refractivity contribution >= 4 is 0 Å². The first kappa shape index (κ1) is 15.3. The topological polar surface area (TPSA) is 18.5 Å². The van der Waals surface area contributed by atoms with E-state index in [1.165, 1.54) is 58.3 Å². The van der Waals surface area contributed by atoms with Crippen LogP contribution in [0.4, 0.5) is 0 Å². The maximum Gasteiger partial charge on any atom is 0.0223 e. The van der Waals surface area contributed by atoms with Crippen molar-refractivity contribution in [3.63, 3.8) is 0 Å². The molecule has 3 heteroatoms. The minimum absolute atomic E-state index is 0.662. The molecule has 1 N–H and O–H groups in total. The lowest BCUT2D eigenvalue weighted by atomic mass is 9.97. The van der Waals surface area contributed by atoms with E-state index in [2.05, 4.69) is 35.9 Å². The molecular formula is C16H33N3. The van der Waals surface area contributed by atoms with Crippen LogP contribution >= 0.6 is 0 Å².